The van der Waals surface area contributed by atoms with Gasteiger partial charge in [-0.15, -0.1) is 0 Å². The quantitative estimate of drug-likeness (QED) is 0.914. The average Bonchev–Trinajstić information content (AvgIpc) is 2.33. The maximum atomic E-state index is 12.1. The molecule has 20 heavy (non-hydrogen) atoms. The van der Waals surface area contributed by atoms with Gasteiger partial charge in [-0.05, 0) is 31.5 Å². The van der Waals surface area contributed by atoms with Crippen molar-refractivity contribution in [2.75, 3.05) is 24.4 Å². The minimum atomic E-state index is -0.959. The van der Waals surface area contributed by atoms with Crippen molar-refractivity contribution in [1.82, 2.24) is 4.90 Å². The number of rotatable bonds is 4. The highest BCUT2D eigenvalue weighted by Gasteiger charge is 2.18. The molecule has 0 aromatic heterocycles. The summed E-state index contributed by atoms with van der Waals surface area (Å²) in [5.74, 6) is 0.423. The average molecular weight is 337 g/mol. The van der Waals surface area contributed by atoms with Gasteiger partial charge in [-0.1, -0.05) is 23.2 Å². The van der Waals surface area contributed by atoms with Gasteiger partial charge in [0, 0.05) is 40.9 Å². The number of benzene rings is 1. The van der Waals surface area contributed by atoms with Crippen LogP contribution in [0.1, 0.15) is 12.5 Å². The number of hydrogen-bond donors (Lipinski definition) is 1. The second-order valence-electron chi connectivity index (χ2n) is 4.71. The van der Waals surface area contributed by atoms with Crippen molar-refractivity contribution in [2.45, 2.75) is 19.9 Å². The molecule has 0 aliphatic rings. The molecule has 0 heterocycles. The molecule has 1 N–H and O–H groups in total. The molecule has 4 nitrogen and oxygen atoms in total. The number of amides is 2. The van der Waals surface area contributed by atoms with E-state index in [0.717, 1.165) is 5.56 Å². The molecule has 2 atom stereocenters. The zero-order valence-corrected chi connectivity index (χ0v) is 14.2. The van der Waals surface area contributed by atoms with Crippen molar-refractivity contribution < 1.29 is 9.00 Å². The smallest absolute Gasteiger partial charge is 0.321 e. The van der Waals surface area contributed by atoms with Crippen LogP contribution in [0.15, 0.2) is 12.1 Å². The topological polar surface area (TPSA) is 49.4 Å². The predicted molar refractivity (Wildman–Crippen MR) is 86.4 cm³/mol. The van der Waals surface area contributed by atoms with Crippen molar-refractivity contribution >= 4 is 45.7 Å². The lowest BCUT2D eigenvalue weighted by Gasteiger charge is -2.24. The molecule has 0 saturated carbocycles. The summed E-state index contributed by atoms with van der Waals surface area (Å²) in [6, 6.07) is 2.86. The van der Waals surface area contributed by atoms with E-state index in [0.29, 0.717) is 21.5 Å². The Bertz CT molecular complexity index is 537. The van der Waals surface area contributed by atoms with Crippen LogP contribution >= 0.6 is 23.2 Å². The zero-order chi connectivity index (χ0) is 15.4. The maximum absolute atomic E-state index is 12.1. The van der Waals surface area contributed by atoms with Crippen molar-refractivity contribution in [2.24, 2.45) is 0 Å². The van der Waals surface area contributed by atoms with Gasteiger partial charge < -0.3 is 10.2 Å². The van der Waals surface area contributed by atoms with E-state index in [1.807, 2.05) is 13.8 Å². The molecule has 0 bridgehead atoms. The monoisotopic (exact) mass is 336 g/mol. The Balaban J connectivity index is 2.80. The van der Waals surface area contributed by atoms with Gasteiger partial charge in [-0.3, -0.25) is 4.21 Å². The van der Waals surface area contributed by atoms with Crippen LogP contribution in [0.25, 0.3) is 0 Å². The third kappa shape index (κ3) is 4.65. The summed E-state index contributed by atoms with van der Waals surface area (Å²) in [6.45, 7) is 3.68. The molecular formula is C13H18Cl2N2O2S. The molecule has 2 amide bonds. The standard InChI is InChI=1S/C13H18Cl2N2O2S/c1-8-5-11(15)12(6-10(8)14)16-13(18)17(3)9(2)7-20(4)19/h5-6,9H,7H2,1-4H3,(H,16,18)/t9-,20+/m1/s1. The first-order valence-corrected chi connectivity index (χ1v) is 8.50. The van der Waals surface area contributed by atoms with E-state index in [4.69, 9.17) is 23.2 Å². The van der Waals surface area contributed by atoms with Gasteiger partial charge in [-0.25, -0.2) is 4.79 Å². The number of anilines is 1. The van der Waals surface area contributed by atoms with Crippen molar-refractivity contribution in [3.05, 3.63) is 27.7 Å². The summed E-state index contributed by atoms with van der Waals surface area (Å²) in [4.78, 5) is 13.6. The van der Waals surface area contributed by atoms with E-state index in [2.05, 4.69) is 5.32 Å². The Morgan fingerprint density at radius 2 is 2.00 bits per heavy atom. The third-order valence-electron chi connectivity index (χ3n) is 2.95. The van der Waals surface area contributed by atoms with Gasteiger partial charge >= 0.3 is 6.03 Å². The molecule has 1 aromatic rings. The molecule has 7 heteroatoms. The van der Waals surface area contributed by atoms with Gasteiger partial charge in [0.05, 0.1) is 10.7 Å². The molecule has 0 radical (unpaired) electrons. The van der Waals surface area contributed by atoms with Gasteiger partial charge in [0.2, 0.25) is 0 Å². The summed E-state index contributed by atoms with van der Waals surface area (Å²) in [6.07, 6.45) is 1.61. The number of nitrogens with one attached hydrogen (secondary N) is 1. The first-order chi connectivity index (χ1) is 9.22. The minimum Gasteiger partial charge on any atom is -0.324 e. The molecule has 0 saturated heterocycles. The Labute approximate surface area is 131 Å². The second kappa shape index (κ2) is 7.29. The zero-order valence-electron chi connectivity index (χ0n) is 11.9. The maximum Gasteiger partial charge on any atom is 0.321 e. The van der Waals surface area contributed by atoms with Crippen LogP contribution in [0.3, 0.4) is 0 Å². The van der Waals surface area contributed by atoms with E-state index in [1.54, 1.807) is 25.4 Å². The SMILES string of the molecule is Cc1cc(Cl)c(NC(=O)N(C)[C@H](C)C[S@](C)=O)cc1Cl. The van der Waals surface area contributed by atoms with Crippen LogP contribution in [0.4, 0.5) is 10.5 Å². The van der Waals surface area contributed by atoms with Crippen LogP contribution in [0.5, 0.6) is 0 Å². The van der Waals surface area contributed by atoms with Crippen LogP contribution < -0.4 is 5.32 Å². The van der Waals surface area contributed by atoms with E-state index < -0.39 is 10.8 Å². The van der Waals surface area contributed by atoms with Crippen molar-refractivity contribution in [3.63, 3.8) is 0 Å². The Morgan fingerprint density at radius 3 is 2.55 bits per heavy atom. The number of urea groups is 1. The van der Waals surface area contributed by atoms with Crippen LogP contribution in [0.2, 0.25) is 10.0 Å². The number of halogens is 2. The van der Waals surface area contributed by atoms with Gasteiger partial charge in [0.15, 0.2) is 0 Å². The normalized spacial score (nSPS) is 13.7. The highest BCUT2D eigenvalue weighted by Crippen LogP contribution is 2.29. The van der Waals surface area contributed by atoms with Gasteiger partial charge in [0.1, 0.15) is 0 Å². The Kier molecular flexibility index (Phi) is 6.30. The van der Waals surface area contributed by atoms with Crippen LogP contribution in [-0.2, 0) is 10.8 Å². The lowest BCUT2D eigenvalue weighted by molar-refractivity contribution is 0.212. The summed E-state index contributed by atoms with van der Waals surface area (Å²) in [5.41, 5.74) is 1.31. The molecule has 0 spiro atoms. The molecule has 0 fully saturated rings. The summed E-state index contributed by atoms with van der Waals surface area (Å²) in [5, 5.41) is 3.67. The fourth-order valence-electron chi connectivity index (χ4n) is 1.60. The number of carbonyl (C=O) groups excluding carboxylic acids is 1. The van der Waals surface area contributed by atoms with Crippen molar-refractivity contribution in [3.8, 4) is 0 Å². The number of nitrogens with zero attached hydrogens (tertiary/aromatic N) is 1. The van der Waals surface area contributed by atoms with Crippen molar-refractivity contribution in [1.29, 1.82) is 0 Å². The Morgan fingerprint density at radius 1 is 1.40 bits per heavy atom. The fourth-order valence-corrected chi connectivity index (χ4v) is 2.93. The molecule has 0 unspecified atom stereocenters. The highest BCUT2D eigenvalue weighted by molar-refractivity contribution is 7.84. The lowest BCUT2D eigenvalue weighted by atomic mass is 10.2. The lowest BCUT2D eigenvalue weighted by Crippen LogP contribution is -2.41. The molecule has 0 aliphatic heterocycles. The predicted octanol–water partition coefficient (Wildman–Crippen LogP) is 3.53. The first-order valence-electron chi connectivity index (χ1n) is 6.01. The van der Waals surface area contributed by atoms with Gasteiger partial charge in [-0.2, -0.15) is 0 Å². The summed E-state index contributed by atoms with van der Waals surface area (Å²) < 4.78 is 11.2. The highest BCUT2D eigenvalue weighted by atomic mass is 35.5. The molecular weight excluding hydrogens is 319 g/mol. The van der Waals surface area contributed by atoms with E-state index in [9.17, 15) is 9.00 Å². The molecule has 112 valence electrons. The number of carbonyl (C=O) groups is 1. The summed E-state index contributed by atoms with van der Waals surface area (Å²) in [7, 11) is 0.690. The van der Waals surface area contributed by atoms with Gasteiger partial charge in [0.25, 0.3) is 0 Å². The minimum absolute atomic E-state index is 0.138. The van der Waals surface area contributed by atoms with E-state index in [1.165, 1.54) is 4.90 Å². The molecule has 1 aromatic carbocycles. The summed E-state index contributed by atoms with van der Waals surface area (Å²) >= 11 is 12.1. The molecule has 1 rings (SSSR count). The fraction of sp³-hybridized carbons (Fsp3) is 0.462. The van der Waals surface area contributed by atoms with Crippen LogP contribution in [-0.4, -0.2) is 40.2 Å². The third-order valence-corrected chi connectivity index (χ3v) is 4.62. The van der Waals surface area contributed by atoms with E-state index in [-0.39, 0.29) is 12.1 Å². The molecule has 0 aliphatic carbocycles. The first kappa shape index (κ1) is 17.3. The van der Waals surface area contributed by atoms with Crippen LogP contribution in [0, 0.1) is 6.92 Å². The Hall–Kier alpha value is -0.780. The number of hydrogen-bond acceptors (Lipinski definition) is 2. The van der Waals surface area contributed by atoms with E-state index >= 15 is 0 Å². The largest absolute Gasteiger partial charge is 0.324 e. The second-order valence-corrected chi connectivity index (χ2v) is 7.01. The number of aryl methyl sites for hydroxylation is 1.